The number of halogens is 1. The van der Waals surface area contributed by atoms with Crippen molar-refractivity contribution in [3.05, 3.63) is 66.0 Å². The van der Waals surface area contributed by atoms with Crippen molar-refractivity contribution in [2.45, 2.75) is 25.8 Å². The summed E-state index contributed by atoms with van der Waals surface area (Å²) in [6, 6.07) is 15.6. The number of hydrogen-bond donors (Lipinski definition) is 2. The van der Waals surface area contributed by atoms with Gasteiger partial charge in [-0.05, 0) is 61.7 Å². The monoisotopic (exact) mass is 408 g/mol. The average Bonchev–Trinajstić information content (AvgIpc) is 3.25. The van der Waals surface area contributed by atoms with Gasteiger partial charge in [0.15, 0.2) is 5.82 Å². The lowest BCUT2D eigenvalue weighted by Crippen LogP contribution is -2.48. The van der Waals surface area contributed by atoms with Crippen molar-refractivity contribution in [3.8, 4) is 17.0 Å². The highest BCUT2D eigenvalue weighted by molar-refractivity contribution is 5.97. The fourth-order valence-electron chi connectivity index (χ4n) is 3.75. The highest BCUT2D eigenvalue weighted by Gasteiger charge is 2.24. The maximum atomic E-state index is 13.2. The number of piperidine rings is 1. The van der Waals surface area contributed by atoms with Crippen LogP contribution in [0.3, 0.4) is 0 Å². The first-order valence-electron chi connectivity index (χ1n) is 10.2. The maximum Gasteiger partial charge on any atom is 0.255 e. The molecule has 2 heterocycles. The number of anilines is 1. The lowest BCUT2D eigenvalue weighted by molar-refractivity contribution is 0.0929. The zero-order valence-corrected chi connectivity index (χ0v) is 16.9. The third kappa shape index (κ3) is 4.45. The predicted molar refractivity (Wildman–Crippen MR) is 114 cm³/mol. The molecule has 4 rings (SSSR count). The fraction of sp³-hybridized carbons (Fsp3) is 0.304. The van der Waals surface area contributed by atoms with Crippen molar-refractivity contribution in [2.24, 2.45) is 0 Å². The first kappa shape index (κ1) is 19.9. The first-order chi connectivity index (χ1) is 14.6. The molecule has 0 saturated carbocycles. The second-order valence-corrected chi connectivity index (χ2v) is 7.33. The van der Waals surface area contributed by atoms with Gasteiger partial charge in [-0.15, -0.1) is 0 Å². The highest BCUT2D eigenvalue weighted by Crippen LogP contribution is 2.25. The Balaban J connectivity index is 1.43. The molecule has 1 atom stereocenters. The summed E-state index contributed by atoms with van der Waals surface area (Å²) in [6.45, 7) is 3.96. The normalized spacial score (nSPS) is 16.3. The number of H-pyrrole nitrogens is 1. The number of aromatic amines is 1. The fourth-order valence-corrected chi connectivity index (χ4v) is 3.75. The molecule has 6 nitrogen and oxygen atoms in total. The van der Waals surface area contributed by atoms with E-state index in [9.17, 15) is 9.18 Å². The summed E-state index contributed by atoms with van der Waals surface area (Å²) in [4.78, 5) is 15.0. The van der Waals surface area contributed by atoms with E-state index in [-0.39, 0.29) is 17.8 Å². The lowest BCUT2D eigenvalue weighted by atomic mass is 10.0. The summed E-state index contributed by atoms with van der Waals surface area (Å²) in [5.41, 5.74) is 2.26. The molecule has 1 fully saturated rings. The number of nitrogens with one attached hydrogen (secondary N) is 2. The van der Waals surface area contributed by atoms with Crippen LogP contribution in [-0.2, 0) is 0 Å². The Morgan fingerprint density at radius 2 is 2.07 bits per heavy atom. The molecule has 1 aromatic heterocycles. The third-order valence-electron chi connectivity index (χ3n) is 5.23. The van der Waals surface area contributed by atoms with E-state index in [1.165, 1.54) is 12.1 Å². The van der Waals surface area contributed by atoms with Crippen LogP contribution in [0, 0.1) is 5.82 Å². The number of aromatic nitrogens is 2. The summed E-state index contributed by atoms with van der Waals surface area (Å²) in [5, 5.41) is 10.6. The number of carbonyl (C=O) groups excluding carboxylic acids is 1. The zero-order chi connectivity index (χ0) is 20.9. The van der Waals surface area contributed by atoms with Crippen LogP contribution in [0.5, 0.6) is 5.75 Å². The van der Waals surface area contributed by atoms with E-state index in [4.69, 9.17) is 4.74 Å². The number of ether oxygens (including phenoxy) is 1. The van der Waals surface area contributed by atoms with Gasteiger partial charge >= 0.3 is 0 Å². The van der Waals surface area contributed by atoms with Crippen LogP contribution in [0.2, 0.25) is 0 Å². The van der Waals surface area contributed by atoms with Crippen molar-refractivity contribution in [1.82, 2.24) is 15.5 Å². The van der Waals surface area contributed by atoms with Crippen LogP contribution in [0.4, 0.5) is 10.2 Å². The van der Waals surface area contributed by atoms with Gasteiger partial charge in [0.25, 0.3) is 5.91 Å². The number of amides is 1. The molecule has 3 aromatic rings. The Hall–Kier alpha value is -3.35. The summed E-state index contributed by atoms with van der Waals surface area (Å²) in [6.07, 6.45) is 1.87. The number of rotatable bonds is 6. The number of para-hydroxylation sites is 1. The summed E-state index contributed by atoms with van der Waals surface area (Å²) < 4.78 is 18.7. The quantitative estimate of drug-likeness (QED) is 0.647. The van der Waals surface area contributed by atoms with Gasteiger partial charge in [0.2, 0.25) is 0 Å². The van der Waals surface area contributed by atoms with Crippen molar-refractivity contribution in [2.75, 3.05) is 24.6 Å². The van der Waals surface area contributed by atoms with Gasteiger partial charge in [0.1, 0.15) is 11.6 Å². The smallest absolute Gasteiger partial charge is 0.255 e. The standard InChI is InChI=1S/C23H25FN4O2/c1-2-30-21-8-4-3-7-19(21)23(29)25-18-6-5-13-28(15-18)22-14-20(26-27-22)16-9-11-17(24)12-10-16/h3-4,7-12,14,18H,2,5-6,13,15H2,1H3,(H,25,29)(H,26,27). The molecule has 0 aliphatic carbocycles. The first-order valence-corrected chi connectivity index (χ1v) is 10.2. The number of benzene rings is 2. The summed E-state index contributed by atoms with van der Waals surface area (Å²) in [5.74, 6) is 1.03. The summed E-state index contributed by atoms with van der Waals surface area (Å²) in [7, 11) is 0. The van der Waals surface area contributed by atoms with Crippen LogP contribution in [-0.4, -0.2) is 41.8 Å². The van der Waals surface area contributed by atoms with Gasteiger partial charge in [0.05, 0.1) is 17.9 Å². The molecule has 0 radical (unpaired) electrons. The molecule has 1 aliphatic heterocycles. The van der Waals surface area contributed by atoms with Crippen molar-refractivity contribution >= 4 is 11.7 Å². The van der Waals surface area contributed by atoms with E-state index in [0.29, 0.717) is 24.5 Å². The van der Waals surface area contributed by atoms with Crippen molar-refractivity contribution in [3.63, 3.8) is 0 Å². The molecule has 1 saturated heterocycles. The zero-order valence-electron chi connectivity index (χ0n) is 16.9. The maximum absolute atomic E-state index is 13.2. The van der Waals surface area contributed by atoms with Crippen LogP contribution in [0.1, 0.15) is 30.1 Å². The molecule has 0 bridgehead atoms. The minimum atomic E-state index is -0.265. The second kappa shape index (κ2) is 8.98. The number of hydrogen-bond acceptors (Lipinski definition) is 4. The molecule has 156 valence electrons. The Kier molecular flexibility index (Phi) is 5.97. The van der Waals surface area contributed by atoms with Gasteiger partial charge in [-0.1, -0.05) is 12.1 Å². The molecule has 7 heteroatoms. The largest absolute Gasteiger partial charge is 0.493 e. The molecule has 30 heavy (non-hydrogen) atoms. The van der Waals surface area contributed by atoms with E-state index in [0.717, 1.165) is 36.5 Å². The van der Waals surface area contributed by atoms with Crippen LogP contribution >= 0.6 is 0 Å². The van der Waals surface area contributed by atoms with E-state index >= 15 is 0 Å². The van der Waals surface area contributed by atoms with Gasteiger partial charge in [-0.25, -0.2) is 4.39 Å². The molecular weight excluding hydrogens is 383 g/mol. The minimum Gasteiger partial charge on any atom is -0.493 e. The van der Waals surface area contributed by atoms with E-state index < -0.39 is 0 Å². The van der Waals surface area contributed by atoms with E-state index in [1.807, 2.05) is 31.2 Å². The third-order valence-corrected chi connectivity index (χ3v) is 5.23. The SMILES string of the molecule is CCOc1ccccc1C(=O)NC1CCCN(c2cc(-c3ccc(F)cc3)[nH]n2)C1. The molecule has 2 N–H and O–H groups in total. The Morgan fingerprint density at radius 3 is 2.87 bits per heavy atom. The molecule has 1 aliphatic rings. The van der Waals surface area contributed by atoms with Gasteiger partial charge in [-0.3, -0.25) is 9.89 Å². The van der Waals surface area contributed by atoms with E-state index in [1.54, 1.807) is 18.2 Å². The van der Waals surface area contributed by atoms with E-state index in [2.05, 4.69) is 20.4 Å². The molecule has 1 amide bonds. The second-order valence-electron chi connectivity index (χ2n) is 7.33. The Bertz CT molecular complexity index is 1000. The van der Waals surface area contributed by atoms with Gasteiger partial charge < -0.3 is 15.0 Å². The average molecular weight is 408 g/mol. The Labute approximate surface area is 175 Å². The van der Waals surface area contributed by atoms with Gasteiger partial charge in [0, 0.05) is 25.2 Å². The summed E-state index contributed by atoms with van der Waals surface area (Å²) >= 11 is 0. The molecule has 1 unspecified atom stereocenters. The van der Waals surface area contributed by atoms with Crippen LogP contribution < -0.4 is 15.0 Å². The lowest BCUT2D eigenvalue weighted by Gasteiger charge is -2.33. The minimum absolute atomic E-state index is 0.0203. The Morgan fingerprint density at radius 1 is 1.27 bits per heavy atom. The number of carbonyl (C=O) groups is 1. The highest BCUT2D eigenvalue weighted by atomic mass is 19.1. The van der Waals surface area contributed by atoms with Crippen molar-refractivity contribution < 1.29 is 13.9 Å². The molecule has 0 spiro atoms. The van der Waals surface area contributed by atoms with Crippen LogP contribution in [0.15, 0.2) is 54.6 Å². The predicted octanol–water partition coefficient (Wildman–Crippen LogP) is 4.01. The molecular formula is C23H25FN4O2. The topological polar surface area (TPSA) is 70.2 Å². The van der Waals surface area contributed by atoms with Crippen molar-refractivity contribution in [1.29, 1.82) is 0 Å². The van der Waals surface area contributed by atoms with Crippen LogP contribution in [0.25, 0.3) is 11.3 Å². The number of nitrogens with zero attached hydrogens (tertiary/aromatic N) is 2. The molecule has 2 aromatic carbocycles. The van der Waals surface area contributed by atoms with Gasteiger partial charge in [-0.2, -0.15) is 5.10 Å².